The van der Waals surface area contributed by atoms with Crippen molar-refractivity contribution in [3.63, 3.8) is 0 Å². The summed E-state index contributed by atoms with van der Waals surface area (Å²) in [4.78, 5) is 9.49. The second kappa shape index (κ2) is 8.16. The van der Waals surface area contributed by atoms with E-state index < -0.39 is 10.1 Å². The van der Waals surface area contributed by atoms with E-state index in [9.17, 15) is 8.42 Å². The first kappa shape index (κ1) is 20.5. The van der Waals surface area contributed by atoms with E-state index in [1.165, 1.54) is 0 Å². The van der Waals surface area contributed by atoms with E-state index in [-0.39, 0.29) is 12.6 Å². The normalized spacial score (nSPS) is 20.5. The van der Waals surface area contributed by atoms with Gasteiger partial charge in [0, 0.05) is 43.0 Å². The van der Waals surface area contributed by atoms with Crippen LogP contribution in [0.5, 0.6) is 0 Å². The Balaban J connectivity index is 1.85. The minimum absolute atomic E-state index is 0.0286. The first-order chi connectivity index (χ1) is 13.8. The molecule has 0 spiro atoms. The molecule has 2 aromatic rings. The molecule has 0 saturated carbocycles. The van der Waals surface area contributed by atoms with E-state index in [0.29, 0.717) is 5.02 Å². The van der Waals surface area contributed by atoms with Gasteiger partial charge in [0.1, 0.15) is 0 Å². The van der Waals surface area contributed by atoms with E-state index in [1.54, 1.807) is 6.20 Å². The van der Waals surface area contributed by atoms with Crippen LogP contribution in [0.15, 0.2) is 36.5 Å². The molecule has 1 atom stereocenters. The fourth-order valence-corrected chi connectivity index (χ4v) is 4.50. The molecule has 1 fully saturated rings. The topological polar surface area (TPSA) is 62.7 Å². The van der Waals surface area contributed by atoms with Crippen LogP contribution in [0.2, 0.25) is 5.02 Å². The standard InChI is InChI=1S/C21H24ClN3O3S/c1-24-8-10-25(11-9-24)21-19-6-5-17(22)13-15(19)12-16(14-28-29(2,26)27)18-4-3-7-23-20(18)21/h3-7,12-13,21H,8-11,14H2,1-2H3. The maximum absolute atomic E-state index is 11.6. The highest BCUT2D eigenvalue weighted by molar-refractivity contribution is 7.86. The first-order valence-corrected chi connectivity index (χ1v) is 11.7. The maximum Gasteiger partial charge on any atom is 0.264 e. The molecule has 2 heterocycles. The quantitative estimate of drug-likeness (QED) is 0.691. The zero-order valence-electron chi connectivity index (χ0n) is 16.5. The second-order valence-electron chi connectivity index (χ2n) is 7.59. The van der Waals surface area contributed by atoms with E-state index in [4.69, 9.17) is 20.8 Å². The molecule has 0 radical (unpaired) electrons. The number of hydrogen-bond donors (Lipinski definition) is 0. The predicted octanol–water partition coefficient (Wildman–Crippen LogP) is 2.90. The van der Waals surface area contributed by atoms with Crippen LogP contribution in [0.3, 0.4) is 0 Å². The van der Waals surface area contributed by atoms with Gasteiger partial charge >= 0.3 is 0 Å². The van der Waals surface area contributed by atoms with Crippen LogP contribution < -0.4 is 0 Å². The number of rotatable bonds is 4. The van der Waals surface area contributed by atoms with Gasteiger partial charge in [0.25, 0.3) is 10.1 Å². The average molecular weight is 434 g/mol. The molecule has 0 N–H and O–H groups in total. The molecule has 6 nitrogen and oxygen atoms in total. The van der Waals surface area contributed by atoms with Gasteiger partial charge < -0.3 is 4.90 Å². The van der Waals surface area contributed by atoms with Crippen molar-refractivity contribution >= 4 is 33.4 Å². The summed E-state index contributed by atoms with van der Waals surface area (Å²) in [6.45, 7) is 3.78. The Bertz CT molecular complexity index is 1050. The molecule has 154 valence electrons. The number of benzene rings is 1. The zero-order valence-corrected chi connectivity index (χ0v) is 18.1. The van der Waals surface area contributed by atoms with Crippen LogP contribution in [-0.2, 0) is 14.3 Å². The minimum atomic E-state index is -3.57. The number of fused-ring (bicyclic) bond motifs is 2. The lowest BCUT2D eigenvalue weighted by molar-refractivity contribution is 0.125. The zero-order chi connectivity index (χ0) is 20.6. The molecule has 1 aliphatic heterocycles. The molecule has 1 unspecified atom stereocenters. The molecule has 2 aliphatic rings. The van der Waals surface area contributed by atoms with Crippen molar-refractivity contribution in [2.24, 2.45) is 0 Å². The molecular formula is C21H24ClN3O3S. The number of aromatic nitrogens is 1. The number of piperazine rings is 1. The second-order valence-corrected chi connectivity index (χ2v) is 9.67. The van der Waals surface area contributed by atoms with Gasteiger partial charge in [-0.15, -0.1) is 0 Å². The Morgan fingerprint density at radius 1 is 1.21 bits per heavy atom. The first-order valence-electron chi connectivity index (χ1n) is 9.54. The van der Waals surface area contributed by atoms with E-state index in [2.05, 4.69) is 22.9 Å². The van der Waals surface area contributed by atoms with Gasteiger partial charge in [-0.2, -0.15) is 8.42 Å². The van der Waals surface area contributed by atoms with Crippen molar-refractivity contribution in [1.82, 2.24) is 14.8 Å². The summed E-state index contributed by atoms with van der Waals surface area (Å²) in [5, 5.41) is 0.638. The summed E-state index contributed by atoms with van der Waals surface area (Å²) in [6.07, 6.45) is 4.83. The average Bonchev–Trinajstić information content (AvgIpc) is 2.81. The Morgan fingerprint density at radius 3 is 2.69 bits per heavy atom. The molecule has 0 amide bonds. The summed E-state index contributed by atoms with van der Waals surface area (Å²) < 4.78 is 28.4. The summed E-state index contributed by atoms with van der Waals surface area (Å²) in [5.41, 5.74) is 4.69. The number of nitrogens with zero attached hydrogens (tertiary/aromatic N) is 3. The third-order valence-electron chi connectivity index (χ3n) is 5.45. The lowest BCUT2D eigenvalue weighted by atomic mass is 9.95. The van der Waals surface area contributed by atoms with Crippen molar-refractivity contribution < 1.29 is 12.6 Å². The van der Waals surface area contributed by atoms with E-state index in [1.807, 2.05) is 30.3 Å². The lowest BCUT2D eigenvalue weighted by Crippen LogP contribution is -2.46. The van der Waals surface area contributed by atoms with E-state index >= 15 is 0 Å². The molecule has 1 aromatic heterocycles. The lowest BCUT2D eigenvalue weighted by Gasteiger charge is -2.38. The van der Waals surface area contributed by atoms with Crippen molar-refractivity contribution in [2.75, 3.05) is 46.1 Å². The van der Waals surface area contributed by atoms with Gasteiger partial charge in [-0.3, -0.25) is 14.1 Å². The third-order valence-corrected chi connectivity index (χ3v) is 6.23. The Hall–Kier alpha value is -1.77. The summed E-state index contributed by atoms with van der Waals surface area (Å²) in [7, 11) is -1.44. The summed E-state index contributed by atoms with van der Waals surface area (Å²) in [5.74, 6) is 0. The van der Waals surface area contributed by atoms with Crippen LogP contribution >= 0.6 is 11.6 Å². The fourth-order valence-electron chi connectivity index (χ4n) is 3.98. The van der Waals surface area contributed by atoms with Gasteiger partial charge in [0.15, 0.2) is 0 Å². The van der Waals surface area contributed by atoms with Crippen LogP contribution in [0.1, 0.15) is 28.4 Å². The minimum Gasteiger partial charge on any atom is -0.304 e. The van der Waals surface area contributed by atoms with Crippen LogP contribution in [-0.4, -0.2) is 69.3 Å². The van der Waals surface area contributed by atoms with Crippen molar-refractivity contribution in [2.45, 2.75) is 6.04 Å². The highest BCUT2D eigenvalue weighted by Gasteiger charge is 2.32. The smallest absolute Gasteiger partial charge is 0.264 e. The van der Waals surface area contributed by atoms with Crippen molar-refractivity contribution in [3.8, 4) is 0 Å². The fraction of sp³-hybridized carbons (Fsp3) is 0.381. The van der Waals surface area contributed by atoms with Crippen molar-refractivity contribution in [1.29, 1.82) is 0 Å². The van der Waals surface area contributed by atoms with Crippen molar-refractivity contribution in [3.05, 3.63) is 63.9 Å². The highest BCUT2D eigenvalue weighted by Crippen LogP contribution is 2.40. The Morgan fingerprint density at radius 2 is 1.97 bits per heavy atom. The van der Waals surface area contributed by atoms with Gasteiger partial charge in [0.05, 0.1) is 24.6 Å². The molecule has 0 bridgehead atoms. The largest absolute Gasteiger partial charge is 0.304 e. The molecular weight excluding hydrogens is 410 g/mol. The predicted molar refractivity (Wildman–Crippen MR) is 115 cm³/mol. The highest BCUT2D eigenvalue weighted by atomic mass is 35.5. The Kier molecular flexibility index (Phi) is 5.77. The Labute approximate surface area is 176 Å². The van der Waals surface area contributed by atoms with Gasteiger partial charge in [-0.25, -0.2) is 0 Å². The van der Waals surface area contributed by atoms with Crippen LogP contribution in [0.25, 0.3) is 11.6 Å². The third kappa shape index (κ3) is 4.54. The summed E-state index contributed by atoms with van der Waals surface area (Å²) >= 11 is 6.30. The number of likely N-dealkylation sites (N-methyl/N-ethyl adjacent to an activating group) is 1. The monoisotopic (exact) mass is 433 g/mol. The van der Waals surface area contributed by atoms with Crippen LogP contribution in [0.4, 0.5) is 0 Å². The van der Waals surface area contributed by atoms with Gasteiger partial charge in [-0.05, 0) is 48.0 Å². The molecule has 1 aromatic carbocycles. The van der Waals surface area contributed by atoms with Crippen LogP contribution in [0, 0.1) is 0 Å². The maximum atomic E-state index is 11.6. The number of hydrogen-bond acceptors (Lipinski definition) is 6. The number of halogens is 1. The molecule has 8 heteroatoms. The number of pyridine rings is 1. The van der Waals surface area contributed by atoms with Gasteiger partial charge in [0.2, 0.25) is 0 Å². The molecule has 1 saturated heterocycles. The molecule has 29 heavy (non-hydrogen) atoms. The molecule has 4 rings (SSSR count). The SMILES string of the molecule is CN1CCN(C2c3ccc(Cl)cc3C=C(COS(C)(=O)=O)c3cccnc32)CC1. The van der Waals surface area contributed by atoms with E-state index in [0.717, 1.165) is 60.4 Å². The summed E-state index contributed by atoms with van der Waals surface area (Å²) in [6, 6.07) is 9.70. The molecule has 1 aliphatic carbocycles. The van der Waals surface area contributed by atoms with Gasteiger partial charge in [-0.1, -0.05) is 23.7 Å².